The third-order valence-electron chi connectivity index (χ3n) is 5.32. The van der Waals surface area contributed by atoms with Gasteiger partial charge in [-0.3, -0.25) is 0 Å². The van der Waals surface area contributed by atoms with Crippen LogP contribution < -0.4 is 0 Å². The highest BCUT2D eigenvalue weighted by atomic mass is 35.5. The number of halogens is 1. The molecule has 1 heteroatoms. The van der Waals surface area contributed by atoms with Crippen molar-refractivity contribution >= 4 is 11.6 Å². The van der Waals surface area contributed by atoms with E-state index in [1.165, 1.54) is 38.5 Å². The van der Waals surface area contributed by atoms with Crippen molar-refractivity contribution in [2.75, 3.05) is 5.88 Å². The molecule has 0 unspecified atom stereocenters. The Balaban J connectivity index is 2.69. The molecular weight excluding hydrogens is 228 g/mol. The van der Waals surface area contributed by atoms with Crippen molar-refractivity contribution in [1.82, 2.24) is 0 Å². The molecule has 0 radical (unpaired) electrons. The zero-order chi connectivity index (χ0) is 13.1. The van der Waals surface area contributed by atoms with Crippen molar-refractivity contribution in [3.63, 3.8) is 0 Å². The van der Waals surface area contributed by atoms with E-state index in [0.29, 0.717) is 10.8 Å². The quantitative estimate of drug-likeness (QED) is 0.552. The van der Waals surface area contributed by atoms with E-state index in [9.17, 15) is 0 Å². The first-order valence-electron chi connectivity index (χ1n) is 7.45. The summed E-state index contributed by atoms with van der Waals surface area (Å²) >= 11 is 6.35. The van der Waals surface area contributed by atoms with Crippen LogP contribution >= 0.6 is 11.6 Å². The molecule has 1 fully saturated rings. The van der Waals surface area contributed by atoms with Crippen LogP contribution in [0.15, 0.2) is 0 Å². The van der Waals surface area contributed by atoms with Gasteiger partial charge in [-0.1, -0.05) is 47.5 Å². The van der Waals surface area contributed by atoms with Gasteiger partial charge in [0.2, 0.25) is 0 Å². The van der Waals surface area contributed by atoms with E-state index in [-0.39, 0.29) is 0 Å². The summed E-state index contributed by atoms with van der Waals surface area (Å²) in [5.74, 6) is 2.60. The molecule has 0 spiro atoms. The zero-order valence-electron chi connectivity index (χ0n) is 12.5. The minimum Gasteiger partial charge on any atom is -0.126 e. The lowest BCUT2D eigenvalue weighted by Crippen LogP contribution is -2.38. The van der Waals surface area contributed by atoms with E-state index >= 15 is 0 Å². The van der Waals surface area contributed by atoms with Crippen LogP contribution in [0.3, 0.4) is 0 Å². The molecule has 0 aliphatic heterocycles. The van der Waals surface area contributed by atoms with Crippen LogP contribution in [0.1, 0.15) is 73.1 Å². The summed E-state index contributed by atoms with van der Waals surface area (Å²) in [4.78, 5) is 0. The van der Waals surface area contributed by atoms with Gasteiger partial charge in [-0.25, -0.2) is 0 Å². The Morgan fingerprint density at radius 2 is 1.59 bits per heavy atom. The standard InChI is InChI=1S/C16H31Cl/c1-6-13(7-2)16(12-17)10-8-14(9-11-16)15(3,4)5/h13-14H,6-12H2,1-5H3. The SMILES string of the molecule is CCC(CC)C1(CCl)CCC(C(C)(C)C)CC1. The van der Waals surface area contributed by atoms with Crippen LogP contribution in [0.4, 0.5) is 0 Å². The Bertz CT molecular complexity index is 214. The Kier molecular flexibility index (Phi) is 5.38. The van der Waals surface area contributed by atoms with Gasteiger partial charge in [-0.2, -0.15) is 0 Å². The normalized spacial score (nSPS) is 30.9. The average Bonchev–Trinajstić information content (AvgIpc) is 2.30. The lowest BCUT2D eigenvalue weighted by Gasteiger charge is -2.47. The van der Waals surface area contributed by atoms with Crippen LogP contribution in [0, 0.1) is 22.7 Å². The highest BCUT2D eigenvalue weighted by Gasteiger charge is 2.41. The van der Waals surface area contributed by atoms with E-state index < -0.39 is 0 Å². The van der Waals surface area contributed by atoms with Crippen LogP contribution in [0.5, 0.6) is 0 Å². The number of hydrogen-bond donors (Lipinski definition) is 0. The second-order valence-corrected chi connectivity index (χ2v) is 7.42. The van der Waals surface area contributed by atoms with E-state index in [2.05, 4.69) is 34.6 Å². The van der Waals surface area contributed by atoms with Crippen molar-refractivity contribution in [2.45, 2.75) is 73.1 Å². The average molecular weight is 259 g/mol. The highest BCUT2D eigenvalue weighted by molar-refractivity contribution is 6.18. The van der Waals surface area contributed by atoms with Gasteiger partial charge in [-0.05, 0) is 48.3 Å². The molecule has 102 valence electrons. The molecule has 0 bridgehead atoms. The van der Waals surface area contributed by atoms with Crippen molar-refractivity contribution in [2.24, 2.45) is 22.7 Å². The molecule has 0 saturated heterocycles. The fourth-order valence-corrected chi connectivity index (χ4v) is 4.35. The Morgan fingerprint density at radius 3 is 1.88 bits per heavy atom. The Morgan fingerprint density at radius 1 is 1.12 bits per heavy atom. The van der Waals surface area contributed by atoms with Crippen LogP contribution in [-0.2, 0) is 0 Å². The summed E-state index contributed by atoms with van der Waals surface area (Å²) in [5.41, 5.74) is 0.930. The monoisotopic (exact) mass is 258 g/mol. The van der Waals surface area contributed by atoms with E-state index in [1.807, 2.05) is 0 Å². The third-order valence-corrected chi connectivity index (χ3v) is 5.86. The highest BCUT2D eigenvalue weighted by Crippen LogP contribution is 2.51. The molecule has 1 saturated carbocycles. The maximum Gasteiger partial charge on any atom is 0.0282 e. The largest absolute Gasteiger partial charge is 0.126 e. The first-order chi connectivity index (χ1) is 7.89. The second-order valence-electron chi connectivity index (χ2n) is 7.15. The van der Waals surface area contributed by atoms with Crippen molar-refractivity contribution in [3.05, 3.63) is 0 Å². The van der Waals surface area contributed by atoms with Gasteiger partial charge >= 0.3 is 0 Å². The molecule has 0 atom stereocenters. The number of hydrogen-bond acceptors (Lipinski definition) is 0. The Hall–Kier alpha value is 0.290. The van der Waals surface area contributed by atoms with Crippen molar-refractivity contribution in [1.29, 1.82) is 0 Å². The fraction of sp³-hybridized carbons (Fsp3) is 1.00. The van der Waals surface area contributed by atoms with E-state index in [4.69, 9.17) is 11.6 Å². The minimum atomic E-state index is 0.451. The predicted octanol–water partition coefficient (Wildman–Crippen LogP) is 5.88. The summed E-state index contributed by atoms with van der Waals surface area (Å²) in [5, 5.41) is 0. The smallest absolute Gasteiger partial charge is 0.0282 e. The molecule has 1 rings (SSSR count). The number of rotatable bonds is 4. The van der Waals surface area contributed by atoms with Crippen LogP contribution in [0.2, 0.25) is 0 Å². The van der Waals surface area contributed by atoms with Gasteiger partial charge in [0.1, 0.15) is 0 Å². The van der Waals surface area contributed by atoms with Gasteiger partial charge in [0.15, 0.2) is 0 Å². The first-order valence-corrected chi connectivity index (χ1v) is 7.99. The lowest BCUT2D eigenvalue weighted by atomic mass is 9.59. The van der Waals surface area contributed by atoms with Gasteiger partial charge in [0.05, 0.1) is 0 Å². The van der Waals surface area contributed by atoms with Crippen molar-refractivity contribution < 1.29 is 0 Å². The molecule has 0 aromatic heterocycles. The first kappa shape index (κ1) is 15.3. The number of alkyl halides is 1. The third kappa shape index (κ3) is 3.40. The topological polar surface area (TPSA) is 0 Å². The van der Waals surface area contributed by atoms with E-state index in [0.717, 1.165) is 17.7 Å². The molecule has 1 aliphatic carbocycles. The van der Waals surface area contributed by atoms with E-state index in [1.54, 1.807) is 0 Å². The molecule has 0 aromatic carbocycles. The minimum absolute atomic E-state index is 0.451. The molecule has 0 amide bonds. The lowest BCUT2D eigenvalue weighted by molar-refractivity contribution is 0.0528. The molecule has 0 heterocycles. The van der Waals surface area contributed by atoms with Gasteiger partial charge in [0, 0.05) is 5.88 Å². The fourth-order valence-electron chi connectivity index (χ4n) is 3.86. The van der Waals surface area contributed by atoms with Crippen LogP contribution in [0.25, 0.3) is 0 Å². The maximum absolute atomic E-state index is 6.35. The predicted molar refractivity (Wildman–Crippen MR) is 78.6 cm³/mol. The Labute approximate surface area is 114 Å². The summed E-state index contributed by atoms with van der Waals surface area (Å²) in [6, 6.07) is 0. The summed E-state index contributed by atoms with van der Waals surface area (Å²) < 4.78 is 0. The summed E-state index contributed by atoms with van der Waals surface area (Å²) in [7, 11) is 0. The molecule has 1 aliphatic rings. The second kappa shape index (κ2) is 5.95. The molecule has 17 heavy (non-hydrogen) atoms. The van der Waals surface area contributed by atoms with Gasteiger partial charge in [-0.15, -0.1) is 11.6 Å². The molecule has 0 N–H and O–H groups in total. The molecule has 0 nitrogen and oxygen atoms in total. The maximum atomic E-state index is 6.35. The van der Waals surface area contributed by atoms with Crippen LogP contribution in [-0.4, -0.2) is 5.88 Å². The zero-order valence-corrected chi connectivity index (χ0v) is 13.2. The molecular formula is C16H31Cl. The summed E-state index contributed by atoms with van der Waals surface area (Å²) in [6.45, 7) is 11.8. The van der Waals surface area contributed by atoms with Gasteiger partial charge in [0.25, 0.3) is 0 Å². The summed E-state index contributed by atoms with van der Waals surface area (Å²) in [6.07, 6.45) is 8.06. The molecule has 0 aromatic rings. The van der Waals surface area contributed by atoms with Crippen molar-refractivity contribution in [3.8, 4) is 0 Å². The van der Waals surface area contributed by atoms with Gasteiger partial charge < -0.3 is 0 Å².